The second-order valence-electron chi connectivity index (χ2n) is 9.09. The first-order chi connectivity index (χ1) is 19.1. The number of anilines is 1. The summed E-state index contributed by atoms with van der Waals surface area (Å²) in [5.41, 5.74) is 6.41. The molecule has 0 aliphatic heterocycles. The van der Waals surface area contributed by atoms with Crippen LogP contribution in [0.1, 0.15) is 22.3 Å². The van der Waals surface area contributed by atoms with Crippen LogP contribution in [0.3, 0.4) is 0 Å². The van der Waals surface area contributed by atoms with Gasteiger partial charge in [-0.05, 0) is 79.6 Å². The lowest BCUT2D eigenvalue weighted by Crippen LogP contribution is -2.39. The molecule has 0 aliphatic carbocycles. The third-order valence-corrected chi connectivity index (χ3v) is 8.07. The van der Waals surface area contributed by atoms with Crippen LogP contribution in [0.2, 0.25) is 10.0 Å². The summed E-state index contributed by atoms with van der Waals surface area (Å²) < 4.78 is 33.8. The van der Waals surface area contributed by atoms with E-state index in [1.165, 1.54) is 42.1 Å². The molecule has 0 radical (unpaired) electrons. The Morgan fingerprint density at radius 3 is 2.05 bits per heavy atom. The van der Waals surface area contributed by atoms with Gasteiger partial charge in [0.1, 0.15) is 18.9 Å². The zero-order valence-electron chi connectivity index (χ0n) is 21.8. The molecular weight excluding hydrogens is 569 g/mol. The predicted octanol–water partition coefficient (Wildman–Crippen LogP) is 6.53. The Labute approximate surface area is 244 Å². The third-order valence-electron chi connectivity index (χ3n) is 5.84. The molecule has 0 unspecified atom stereocenters. The van der Waals surface area contributed by atoms with Crippen LogP contribution in [0.15, 0.2) is 101 Å². The minimum absolute atomic E-state index is 0.0233. The molecule has 1 amide bonds. The van der Waals surface area contributed by atoms with Crippen molar-refractivity contribution in [2.45, 2.75) is 25.3 Å². The van der Waals surface area contributed by atoms with E-state index in [-0.39, 0.29) is 20.6 Å². The van der Waals surface area contributed by atoms with Crippen molar-refractivity contribution in [3.63, 3.8) is 0 Å². The molecule has 0 saturated heterocycles. The first-order valence-electron chi connectivity index (χ1n) is 12.3. The van der Waals surface area contributed by atoms with E-state index in [2.05, 4.69) is 10.5 Å². The fraction of sp³-hybridized carbons (Fsp3) is 0.133. The first kappa shape index (κ1) is 29.1. The number of nitrogens with one attached hydrogen (secondary N) is 1. The monoisotopic (exact) mass is 595 g/mol. The molecule has 0 heterocycles. The maximum Gasteiger partial charge on any atom is 0.264 e. The van der Waals surface area contributed by atoms with Crippen molar-refractivity contribution in [3.8, 4) is 5.75 Å². The topological polar surface area (TPSA) is 88.1 Å². The number of amides is 1. The Kier molecular flexibility index (Phi) is 9.47. The average Bonchev–Trinajstić information content (AvgIpc) is 2.92. The lowest BCUT2D eigenvalue weighted by Gasteiger charge is -2.24. The minimum atomic E-state index is -4.12. The van der Waals surface area contributed by atoms with Crippen molar-refractivity contribution < 1.29 is 17.9 Å². The number of carbonyl (C=O) groups excluding carboxylic acids is 1. The summed E-state index contributed by atoms with van der Waals surface area (Å²) in [6.45, 7) is 3.79. The molecular formula is C30H27Cl2N3O4S. The number of hydrogen-bond acceptors (Lipinski definition) is 5. The summed E-state index contributed by atoms with van der Waals surface area (Å²) in [4.78, 5) is 12.8. The van der Waals surface area contributed by atoms with E-state index < -0.39 is 22.5 Å². The van der Waals surface area contributed by atoms with Crippen LogP contribution in [0, 0.1) is 13.8 Å². The molecule has 10 heteroatoms. The molecule has 0 aliphatic rings. The standard InChI is InChI=1S/C30H27Cl2N3O4S/c1-21-3-7-24(8-4-21)20-39-28-11-9-23(10-12-28)18-33-34-30(36)19-35(27-16-25(31)15-26(32)17-27)40(37,38)29-13-5-22(2)6-14-29/h3-18H,19-20H2,1-2H3,(H,34,36)/b33-18-. The minimum Gasteiger partial charge on any atom is -0.489 e. The molecule has 4 aromatic rings. The number of carbonyl (C=O) groups is 1. The quantitative estimate of drug-likeness (QED) is 0.167. The Morgan fingerprint density at radius 2 is 1.45 bits per heavy atom. The van der Waals surface area contributed by atoms with Gasteiger partial charge in [-0.1, -0.05) is 70.7 Å². The van der Waals surface area contributed by atoms with E-state index >= 15 is 0 Å². The highest BCUT2D eigenvalue weighted by molar-refractivity contribution is 7.92. The molecule has 0 spiro atoms. The second-order valence-corrected chi connectivity index (χ2v) is 11.8. The van der Waals surface area contributed by atoms with Gasteiger partial charge in [-0.25, -0.2) is 13.8 Å². The smallest absolute Gasteiger partial charge is 0.264 e. The number of halogens is 2. The molecule has 0 bridgehead atoms. The van der Waals surface area contributed by atoms with Crippen LogP contribution in [0.4, 0.5) is 5.69 Å². The lowest BCUT2D eigenvalue weighted by molar-refractivity contribution is -0.119. The highest BCUT2D eigenvalue weighted by Gasteiger charge is 2.27. The number of sulfonamides is 1. The molecule has 1 N–H and O–H groups in total. The summed E-state index contributed by atoms with van der Waals surface area (Å²) in [6, 6.07) is 26.0. The van der Waals surface area contributed by atoms with Crippen molar-refractivity contribution >= 4 is 51.0 Å². The van der Waals surface area contributed by atoms with E-state index in [0.717, 1.165) is 15.4 Å². The van der Waals surface area contributed by atoms with Gasteiger partial charge in [0.2, 0.25) is 0 Å². The molecule has 4 rings (SSSR count). The maximum absolute atomic E-state index is 13.5. The van der Waals surface area contributed by atoms with E-state index in [1.807, 2.05) is 38.1 Å². The molecule has 7 nitrogen and oxygen atoms in total. The highest BCUT2D eigenvalue weighted by atomic mass is 35.5. The van der Waals surface area contributed by atoms with Gasteiger partial charge in [0.25, 0.3) is 15.9 Å². The summed E-state index contributed by atoms with van der Waals surface area (Å²) in [6.07, 6.45) is 1.46. The number of ether oxygens (including phenoxy) is 1. The SMILES string of the molecule is Cc1ccc(COc2ccc(/C=N\NC(=O)CN(c3cc(Cl)cc(Cl)c3)S(=O)(=O)c3ccc(C)cc3)cc2)cc1. The van der Waals surface area contributed by atoms with Gasteiger partial charge in [-0.2, -0.15) is 5.10 Å². The second kappa shape index (κ2) is 13.0. The largest absolute Gasteiger partial charge is 0.489 e. The van der Waals surface area contributed by atoms with Crippen LogP contribution in [0.5, 0.6) is 5.75 Å². The Balaban J connectivity index is 1.42. The first-order valence-corrected chi connectivity index (χ1v) is 14.5. The van der Waals surface area contributed by atoms with Crippen molar-refractivity contribution in [2.24, 2.45) is 5.10 Å². The summed E-state index contributed by atoms with van der Waals surface area (Å²) >= 11 is 12.3. The van der Waals surface area contributed by atoms with Gasteiger partial charge in [0.15, 0.2) is 0 Å². The number of benzene rings is 4. The summed E-state index contributed by atoms with van der Waals surface area (Å²) in [7, 11) is -4.12. The molecule has 40 heavy (non-hydrogen) atoms. The predicted molar refractivity (Wildman–Crippen MR) is 160 cm³/mol. The Hall–Kier alpha value is -3.85. The Morgan fingerprint density at radius 1 is 0.875 bits per heavy atom. The average molecular weight is 597 g/mol. The van der Waals surface area contributed by atoms with Crippen LogP contribution in [-0.2, 0) is 21.4 Å². The number of hydrazone groups is 1. The molecule has 0 aromatic heterocycles. The number of rotatable bonds is 10. The summed E-state index contributed by atoms with van der Waals surface area (Å²) in [5, 5.41) is 4.45. The van der Waals surface area contributed by atoms with Gasteiger partial charge < -0.3 is 4.74 Å². The van der Waals surface area contributed by atoms with Crippen molar-refractivity contribution in [1.29, 1.82) is 0 Å². The van der Waals surface area contributed by atoms with Gasteiger partial charge in [-0.3, -0.25) is 9.10 Å². The zero-order valence-corrected chi connectivity index (χ0v) is 24.2. The van der Waals surface area contributed by atoms with Crippen molar-refractivity contribution in [1.82, 2.24) is 5.43 Å². The highest BCUT2D eigenvalue weighted by Crippen LogP contribution is 2.29. The van der Waals surface area contributed by atoms with Crippen LogP contribution in [0.25, 0.3) is 0 Å². The van der Waals surface area contributed by atoms with Gasteiger partial charge in [0.05, 0.1) is 16.8 Å². The van der Waals surface area contributed by atoms with Crippen LogP contribution >= 0.6 is 23.2 Å². The zero-order chi connectivity index (χ0) is 28.7. The normalized spacial score (nSPS) is 11.4. The lowest BCUT2D eigenvalue weighted by atomic mass is 10.2. The molecule has 4 aromatic carbocycles. The van der Waals surface area contributed by atoms with Gasteiger partial charge >= 0.3 is 0 Å². The van der Waals surface area contributed by atoms with E-state index in [0.29, 0.717) is 17.9 Å². The van der Waals surface area contributed by atoms with Crippen molar-refractivity contribution in [3.05, 3.63) is 123 Å². The van der Waals surface area contributed by atoms with Gasteiger partial charge in [0, 0.05) is 10.0 Å². The number of nitrogens with zero attached hydrogens (tertiary/aromatic N) is 2. The molecule has 0 atom stereocenters. The molecule has 0 saturated carbocycles. The van der Waals surface area contributed by atoms with E-state index in [9.17, 15) is 13.2 Å². The van der Waals surface area contributed by atoms with Crippen molar-refractivity contribution in [2.75, 3.05) is 10.8 Å². The van der Waals surface area contributed by atoms with Gasteiger partial charge in [-0.15, -0.1) is 0 Å². The van der Waals surface area contributed by atoms with E-state index in [4.69, 9.17) is 27.9 Å². The summed E-state index contributed by atoms with van der Waals surface area (Å²) in [5.74, 6) is 0.0417. The molecule has 206 valence electrons. The Bertz CT molecular complexity index is 1590. The van der Waals surface area contributed by atoms with Crippen LogP contribution < -0.4 is 14.5 Å². The number of hydrogen-bond donors (Lipinski definition) is 1. The fourth-order valence-electron chi connectivity index (χ4n) is 3.68. The van der Waals surface area contributed by atoms with Crippen LogP contribution in [-0.4, -0.2) is 27.1 Å². The fourth-order valence-corrected chi connectivity index (χ4v) is 5.60. The maximum atomic E-state index is 13.5. The van der Waals surface area contributed by atoms with E-state index in [1.54, 1.807) is 36.4 Å². The molecule has 0 fully saturated rings. The number of aryl methyl sites for hydroxylation is 2. The third kappa shape index (κ3) is 7.85.